The lowest BCUT2D eigenvalue weighted by Gasteiger charge is -2.26. The van der Waals surface area contributed by atoms with Crippen LogP contribution >= 0.6 is 0 Å². The maximum atomic E-state index is 12.5. The number of nitrogens with one attached hydrogen (secondary N) is 1. The van der Waals surface area contributed by atoms with Crippen LogP contribution in [0.5, 0.6) is 0 Å². The van der Waals surface area contributed by atoms with Gasteiger partial charge < -0.3 is 9.32 Å². The minimum atomic E-state index is -0.343. The fourth-order valence-corrected chi connectivity index (χ4v) is 2.63. The third-order valence-electron chi connectivity index (χ3n) is 3.97. The van der Waals surface area contributed by atoms with Gasteiger partial charge in [0, 0.05) is 7.05 Å². The van der Waals surface area contributed by atoms with Gasteiger partial charge in [-0.3, -0.25) is 20.0 Å². The lowest BCUT2D eigenvalue weighted by molar-refractivity contribution is -0.121. The maximum absolute atomic E-state index is 12.5. The van der Waals surface area contributed by atoms with E-state index in [-0.39, 0.29) is 24.1 Å². The predicted molar refractivity (Wildman–Crippen MR) is 103 cm³/mol. The molecular weight excluding hydrogens is 342 g/mol. The highest BCUT2D eigenvalue weighted by Crippen LogP contribution is 2.14. The number of hydrogen-bond acceptors (Lipinski definition) is 4. The summed E-state index contributed by atoms with van der Waals surface area (Å²) < 4.78 is 5.09. The highest BCUT2D eigenvalue weighted by atomic mass is 16.3. The molecular formula is C21H21N3O3. The monoisotopic (exact) mass is 363 g/mol. The van der Waals surface area contributed by atoms with Crippen molar-refractivity contribution in [1.82, 2.24) is 10.3 Å². The van der Waals surface area contributed by atoms with Crippen molar-refractivity contribution in [3.63, 3.8) is 0 Å². The van der Waals surface area contributed by atoms with Crippen LogP contribution in [0.4, 0.5) is 5.69 Å². The van der Waals surface area contributed by atoms with Gasteiger partial charge in [0.1, 0.15) is 6.54 Å². The van der Waals surface area contributed by atoms with Gasteiger partial charge in [-0.15, -0.1) is 0 Å². The number of hydrazine groups is 1. The molecule has 27 heavy (non-hydrogen) atoms. The van der Waals surface area contributed by atoms with E-state index in [1.54, 1.807) is 24.2 Å². The number of carbonyl (C=O) groups excluding carboxylic acids is 2. The van der Waals surface area contributed by atoms with Gasteiger partial charge in [0.25, 0.3) is 11.8 Å². The first-order valence-corrected chi connectivity index (χ1v) is 8.58. The Kier molecular flexibility index (Phi) is 5.89. The van der Waals surface area contributed by atoms with Crippen LogP contribution in [-0.4, -0.2) is 30.3 Å². The molecule has 6 nitrogen and oxygen atoms in total. The van der Waals surface area contributed by atoms with Gasteiger partial charge in [0.05, 0.1) is 18.5 Å². The average molecular weight is 363 g/mol. The first-order valence-electron chi connectivity index (χ1n) is 8.58. The largest absolute Gasteiger partial charge is 0.459 e. The predicted octanol–water partition coefficient (Wildman–Crippen LogP) is 3.09. The number of hydrogen-bond donors (Lipinski definition) is 1. The summed E-state index contributed by atoms with van der Waals surface area (Å²) in [6, 6.07) is 22.6. The van der Waals surface area contributed by atoms with E-state index in [4.69, 9.17) is 4.42 Å². The van der Waals surface area contributed by atoms with Crippen molar-refractivity contribution in [2.75, 3.05) is 18.6 Å². The Morgan fingerprint density at radius 1 is 0.926 bits per heavy atom. The molecule has 6 heteroatoms. The van der Waals surface area contributed by atoms with E-state index in [1.165, 1.54) is 11.2 Å². The second kappa shape index (κ2) is 8.71. The fraction of sp³-hybridized carbons (Fsp3) is 0.143. The molecule has 1 heterocycles. The Balaban J connectivity index is 1.68. The molecule has 0 bridgehead atoms. The van der Waals surface area contributed by atoms with Gasteiger partial charge in [-0.1, -0.05) is 48.5 Å². The SMILES string of the molecule is CN(CC(=O)NN(Cc1ccccc1)c1ccccc1)C(=O)c1ccco1. The van der Waals surface area contributed by atoms with Crippen molar-refractivity contribution in [2.45, 2.75) is 6.54 Å². The summed E-state index contributed by atoms with van der Waals surface area (Å²) >= 11 is 0. The first-order chi connectivity index (χ1) is 13.1. The molecule has 0 aliphatic heterocycles. The molecule has 0 unspecified atom stereocenters. The van der Waals surface area contributed by atoms with Crippen molar-refractivity contribution in [2.24, 2.45) is 0 Å². The van der Waals surface area contributed by atoms with E-state index in [0.29, 0.717) is 6.54 Å². The molecule has 1 aromatic heterocycles. The number of carbonyl (C=O) groups is 2. The third-order valence-corrected chi connectivity index (χ3v) is 3.97. The number of rotatable bonds is 7. The Morgan fingerprint density at radius 2 is 1.59 bits per heavy atom. The number of amides is 2. The van der Waals surface area contributed by atoms with Gasteiger partial charge in [0.2, 0.25) is 0 Å². The molecule has 3 rings (SSSR count). The van der Waals surface area contributed by atoms with Crippen LogP contribution in [-0.2, 0) is 11.3 Å². The van der Waals surface area contributed by atoms with Crippen molar-refractivity contribution in [3.05, 3.63) is 90.4 Å². The Morgan fingerprint density at radius 3 is 2.22 bits per heavy atom. The van der Waals surface area contributed by atoms with Gasteiger partial charge in [0.15, 0.2) is 5.76 Å². The quantitative estimate of drug-likeness (QED) is 0.655. The summed E-state index contributed by atoms with van der Waals surface area (Å²) in [6.07, 6.45) is 1.43. The topological polar surface area (TPSA) is 65.8 Å². The van der Waals surface area contributed by atoms with E-state index >= 15 is 0 Å². The van der Waals surface area contributed by atoms with Crippen LogP contribution in [0.1, 0.15) is 16.1 Å². The van der Waals surface area contributed by atoms with Crippen molar-refractivity contribution < 1.29 is 14.0 Å². The minimum Gasteiger partial charge on any atom is -0.459 e. The molecule has 2 amide bonds. The molecule has 0 saturated heterocycles. The normalized spacial score (nSPS) is 10.3. The highest BCUT2D eigenvalue weighted by Gasteiger charge is 2.18. The minimum absolute atomic E-state index is 0.0857. The zero-order chi connectivity index (χ0) is 19.1. The number of furan rings is 1. The molecule has 2 aromatic carbocycles. The van der Waals surface area contributed by atoms with Crippen molar-refractivity contribution in [1.29, 1.82) is 0 Å². The number of nitrogens with zero attached hydrogens (tertiary/aromatic N) is 2. The highest BCUT2D eigenvalue weighted by molar-refractivity contribution is 5.94. The lowest BCUT2D eigenvalue weighted by atomic mass is 10.2. The molecule has 0 atom stereocenters. The molecule has 0 radical (unpaired) electrons. The van der Waals surface area contributed by atoms with E-state index in [1.807, 2.05) is 60.7 Å². The number of anilines is 1. The summed E-state index contributed by atoms with van der Waals surface area (Å²) in [5.41, 5.74) is 4.80. The van der Waals surface area contributed by atoms with Gasteiger partial charge in [-0.05, 0) is 29.8 Å². The standard InChI is InChI=1S/C21H21N3O3/c1-23(21(26)19-13-8-14-27-19)16-20(25)22-24(18-11-6-3-7-12-18)15-17-9-4-2-5-10-17/h2-14H,15-16H2,1H3,(H,22,25). The van der Waals surface area contributed by atoms with Crippen LogP contribution in [0.2, 0.25) is 0 Å². The fourth-order valence-electron chi connectivity index (χ4n) is 2.63. The first kappa shape index (κ1) is 18.3. The molecule has 0 aliphatic carbocycles. The van der Waals surface area contributed by atoms with E-state index in [0.717, 1.165) is 11.3 Å². The Hall–Kier alpha value is -3.54. The van der Waals surface area contributed by atoms with Crippen LogP contribution in [0.3, 0.4) is 0 Å². The van der Waals surface area contributed by atoms with Crippen molar-refractivity contribution >= 4 is 17.5 Å². The summed E-state index contributed by atoms with van der Waals surface area (Å²) in [4.78, 5) is 26.1. The second-order valence-corrected chi connectivity index (χ2v) is 6.08. The molecule has 1 N–H and O–H groups in total. The van der Waals surface area contributed by atoms with Crippen molar-refractivity contribution in [3.8, 4) is 0 Å². The Labute approximate surface area is 158 Å². The zero-order valence-corrected chi connectivity index (χ0v) is 15.0. The maximum Gasteiger partial charge on any atom is 0.289 e. The number of benzene rings is 2. The third kappa shape index (κ3) is 4.98. The molecule has 0 spiro atoms. The van der Waals surface area contributed by atoms with E-state index in [9.17, 15) is 9.59 Å². The smallest absolute Gasteiger partial charge is 0.289 e. The van der Waals surface area contributed by atoms with Crippen LogP contribution in [0, 0.1) is 0 Å². The van der Waals surface area contributed by atoms with E-state index in [2.05, 4.69) is 5.43 Å². The number of likely N-dealkylation sites (N-methyl/N-ethyl adjacent to an activating group) is 1. The average Bonchev–Trinajstić information content (AvgIpc) is 3.23. The van der Waals surface area contributed by atoms with Crippen LogP contribution in [0.15, 0.2) is 83.5 Å². The van der Waals surface area contributed by atoms with Gasteiger partial charge in [-0.2, -0.15) is 0 Å². The van der Waals surface area contributed by atoms with E-state index < -0.39 is 0 Å². The summed E-state index contributed by atoms with van der Waals surface area (Å²) in [7, 11) is 1.56. The molecule has 138 valence electrons. The zero-order valence-electron chi connectivity index (χ0n) is 15.0. The van der Waals surface area contributed by atoms with Crippen LogP contribution < -0.4 is 10.4 Å². The van der Waals surface area contributed by atoms with Gasteiger partial charge in [-0.25, -0.2) is 0 Å². The summed E-state index contributed by atoms with van der Waals surface area (Å²) in [5.74, 6) is -0.434. The molecule has 3 aromatic rings. The summed E-state index contributed by atoms with van der Waals surface area (Å²) in [5, 5.41) is 1.77. The molecule has 0 aliphatic rings. The number of para-hydroxylation sites is 1. The lowest BCUT2D eigenvalue weighted by Crippen LogP contribution is -2.47. The molecule has 0 fully saturated rings. The van der Waals surface area contributed by atoms with Crippen LogP contribution in [0.25, 0.3) is 0 Å². The second-order valence-electron chi connectivity index (χ2n) is 6.08. The molecule has 0 saturated carbocycles. The Bertz CT molecular complexity index is 864. The summed E-state index contributed by atoms with van der Waals surface area (Å²) in [6.45, 7) is 0.421. The van der Waals surface area contributed by atoms with Gasteiger partial charge >= 0.3 is 0 Å².